The van der Waals surface area contributed by atoms with E-state index in [9.17, 15) is 0 Å². The van der Waals surface area contributed by atoms with E-state index in [1.165, 1.54) is 5.56 Å². The molecule has 0 radical (unpaired) electrons. The van der Waals surface area contributed by atoms with Crippen LogP contribution in [0.4, 0.5) is 0 Å². The Bertz CT molecular complexity index is 373. The normalized spacial score (nSPS) is 16.6. The minimum Gasteiger partial charge on any atom is -0.494 e. The summed E-state index contributed by atoms with van der Waals surface area (Å²) >= 11 is 0. The van der Waals surface area contributed by atoms with Gasteiger partial charge in [-0.25, -0.2) is 5.01 Å². The monoisotopic (exact) mass is 278 g/mol. The molecule has 1 heterocycles. The summed E-state index contributed by atoms with van der Waals surface area (Å²) in [6, 6.07) is 8.35. The third kappa shape index (κ3) is 5.49. The number of nitrogens with one attached hydrogen (secondary N) is 1. The van der Waals surface area contributed by atoms with Gasteiger partial charge < -0.3 is 9.47 Å². The van der Waals surface area contributed by atoms with Crippen LogP contribution >= 0.6 is 0 Å². The first-order valence-electron chi connectivity index (χ1n) is 7.52. The average molecular weight is 278 g/mol. The van der Waals surface area contributed by atoms with E-state index in [2.05, 4.69) is 48.5 Å². The second-order valence-corrected chi connectivity index (χ2v) is 5.61. The summed E-state index contributed by atoms with van der Waals surface area (Å²) in [6.45, 7) is 9.61. The standard InChI is InChI=1S/C16H26N2O2/c1-14(2)7-10-20-16-5-3-15(4-6-16)13-17-18-8-11-19-12-9-18/h3-6,14,17H,7-13H2,1-2H3. The molecule has 2 rings (SSSR count). The van der Waals surface area contributed by atoms with E-state index in [1.54, 1.807) is 0 Å². The maximum Gasteiger partial charge on any atom is 0.119 e. The molecule has 1 N–H and O–H groups in total. The van der Waals surface area contributed by atoms with Gasteiger partial charge in [-0.1, -0.05) is 26.0 Å². The van der Waals surface area contributed by atoms with Crippen LogP contribution < -0.4 is 10.2 Å². The highest BCUT2D eigenvalue weighted by molar-refractivity contribution is 5.27. The highest BCUT2D eigenvalue weighted by atomic mass is 16.5. The van der Waals surface area contributed by atoms with Crippen molar-refractivity contribution < 1.29 is 9.47 Å². The first-order valence-corrected chi connectivity index (χ1v) is 7.52. The minimum absolute atomic E-state index is 0.687. The molecule has 0 aromatic heterocycles. The summed E-state index contributed by atoms with van der Waals surface area (Å²) in [7, 11) is 0. The number of hydrogen-bond acceptors (Lipinski definition) is 4. The number of nitrogens with zero attached hydrogens (tertiary/aromatic N) is 1. The van der Waals surface area contributed by atoms with Gasteiger partial charge in [-0.05, 0) is 30.0 Å². The Morgan fingerprint density at radius 1 is 1.20 bits per heavy atom. The first kappa shape index (κ1) is 15.3. The van der Waals surface area contributed by atoms with Crippen molar-refractivity contribution in [3.05, 3.63) is 29.8 Å². The van der Waals surface area contributed by atoms with Crippen molar-refractivity contribution in [2.24, 2.45) is 5.92 Å². The van der Waals surface area contributed by atoms with Gasteiger partial charge in [0.1, 0.15) is 5.75 Å². The molecule has 4 nitrogen and oxygen atoms in total. The number of benzene rings is 1. The number of ether oxygens (including phenoxy) is 2. The lowest BCUT2D eigenvalue weighted by molar-refractivity contribution is 0.0106. The zero-order chi connectivity index (χ0) is 14.2. The van der Waals surface area contributed by atoms with E-state index >= 15 is 0 Å². The van der Waals surface area contributed by atoms with Gasteiger partial charge in [-0.3, -0.25) is 5.43 Å². The Hall–Kier alpha value is -1.10. The molecule has 0 unspecified atom stereocenters. The van der Waals surface area contributed by atoms with Gasteiger partial charge in [-0.2, -0.15) is 0 Å². The Morgan fingerprint density at radius 3 is 2.55 bits per heavy atom. The SMILES string of the molecule is CC(C)CCOc1ccc(CNN2CCOCC2)cc1. The molecule has 112 valence electrons. The van der Waals surface area contributed by atoms with Crippen LogP contribution in [0.3, 0.4) is 0 Å². The quantitative estimate of drug-likeness (QED) is 0.830. The van der Waals surface area contributed by atoms with Crippen molar-refractivity contribution in [1.82, 2.24) is 10.4 Å². The van der Waals surface area contributed by atoms with E-state index < -0.39 is 0 Å². The third-order valence-corrected chi connectivity index (χ3v) is 3.41. The van der Waals surface area contributed by atoms with Crippen molar-refractivity contribution in [1.29, 1.82) is 0 Å². The molecule has 1 aromatic rings. The molecule has 4 heteroatoms. The van der Waals surface area contributed by atoms with Crippen LogP contribution in [0.15, 0.2) is 24.3 Å². The molecule has 1 aliphatic rings. The lowest BCUT2D eigenvalue weighted by Crippen LogP contribution is -2.45. The number of rotatable bonds is 7. The molecule has 1 saturated heterocycles. The van der Waals surface area contributed by atoms with E-state index in [0.717, 1.165) is 51.6 Å². The molecular weight excluding hydrogens is 252 g/mol. The topological polar surface area (TPSA) is 33.7 Å². The first-order chi connectivity index (χ1) is 9.74. The highest BCUT2D eigenvalue weighted by Crippen LogP contribution is 2.13. The van der Waals surface area contributed by atoms with Gasteiger partial charge in [0.25, 0.3) is 0 Å². The van der Waals surface area contributed by atoms with E-state index in [4.69, 9.17) is 9.47 Å². The van der Waals surface area contributed by atoms with Crippen molar-refractivity contribution in [3.8, 4) is 5.75 Å². The maximum atomic E-state index is 5.72. The minimum atomic E-state index is 0.687. The second kappa shape index (κ2) is 8.25. The smallest absolute Gasteiger partial charge is 0.119 e. The van der Waals surface area contributed by atoms with Gasteiger partial charge in [0.15, 0.2) is 0 Å². The Kier molecular flexibility index (Phi) is 6.30. The van der Waals surface area contributed by atoms with E-state index in [0.29, 0.717) is 5.92 Å². The maximum absolute atomic E-state index is 5.72. The van der Waals surface area contributed by atoms with Crippen LogP contribution in [-0.2, 0) is 11.3 Å². The van der Waals surface area contributed by atoms with Crippen molar-refractivity contribution >= 4 is 0 Å². The highest BCUT2D eigenvalue weighted by Gasteiger charge is 2.09. The number of hydrazine groups is 1. The summed E-state index contributed by atoms with van der Waals surface area (Å²) < 4.78 is 11.0. The van der Waals surface area contributed by atoms with Crippen LogP contribution in [0.5, 0.6) is 5.75 Å². The summed E-state index contributed by atoms with van der Waals surface area (Å²) in [6.07, 6.45) is 1.10. The molecule has 1 aliphatic heterocycles. The second-order valence-electron chi connectivity index (χ2n) is 5.61. The predicted molar refractivity (Wildman–Crippen MR) is 80.6 cm³/mol. The Morgan fingerprint density at radius 2 is 1.90 bits per heavy atom. The summed E-state index contributed by atoms with van der Waals surface area (Å²) in [5.74, 6) is 1.65. The summed E-state index contributed by atoms with van der Waals surface area (Å²) in [5.41, 5.74) is 4.70. The van der Waals surface area contributed by atoms with Gasteiger partial charge >= 0.3 is 0 Å². The molecular formula is C16H26N2O2. The molecule has 0 saturated carbocycles. The van der Waals surface area contributed by atoms with Crippen LogP contribution in [0.25, 0.3) is 0 Å². The van der Waals surface area contributed by atoms with Crippen LogP contribution in [0, 0.1) is 5.92 Å². The van der Waals surface area contributed by atoms with Crippen LogP contribution in [0.2, 0.25) is 0 Å². The molecule has 0 amide bonds. The fourth-order valence-electron chi connectivity index (χ4n) is 2.04. The molecule has 0 bridgehead atoms. The van der Waals surface area contributed by atoms with Gasteiger partial charge in [-0.15, -0.1) is 0 Å². The van der Waals surface area contributed by atoms with Crippen molar-refractivity contribution in [3.63, 3.8) is 0 Å². The fourth-order valence-corrected chi connectivity index (χ4v) is 2.04. The molecule has 20 heavy (non-hydrogen) atoms. The third-order valence-electron chi connectivity index (χ3n) is 3.41. The molecule has 0 spiro atoms. The molecule has 1 aromatic carbocycles. The van der Waals surface area contributed by atoms with Gasteiger partial charge in [0.2, 0.25) is 0 Å². The lowest BCUT2D eigenvalue weighted by Gasteiger charge is -2.27. The molecule has 1 fully saturated rings. The van der Waals surface area contributed by atoms with Crippen molar-refractivity contribution in [2.75, 3.05) is 32.9 Å². The number of morpholine rings is 1. The predicted octanol–water partition coefficient (Wildman–Crippen LogP) is 2.45. The molecule has 0 aliphatic carbocycles. The van der Waals surface area contributed by atoms with Gasteiger partial charge in [0.05, 0.1) is 19.8 Å². The van der Waals surface area contributed by atoms with E-state index in [1.807, 2.05) is 0 Å². The zero-order valence-corrected chi connectivity index (χ0v) is 12.6. The Balaban J connectivity index is 1.70. The van der Waals surface area contributed by atoms with Crippen molar-refractivity contribution in [2.45, 2.75) is 26.8 Å². The summed E-state index contributed by atoms with van der Waals surface area (Å²) in [4.78, 5) is 0. The fraction of sp³-hybridized carbons (Fsp3) is 0.625. The largest absolute Gasteiger partial charge is 0.494 e. The number of hydrogen-bond donors (Lipinski definition) is 1. The van der Waals surface area contributed by atoms with Crippen LogP contribution in [0.1, 0.15) is 25.8 Å². The molecule has 0 atom stereocenters. The van der Waals surface area contributed by atoms with E-state index in [-0.39, 0.29) is 0 Å². The van der Waals surface area contributed by atoms with Crippen LogP contribution in [-0.4, -0.2) is 37.9 Å². The van der Waals surface area contributed by atoms with Gasteiger partial charge in [0, 0.05) is 19.6 Å². The lowest BCUT2D eigenvalue weighted by atomic mass is 10.1. The average Bonchev–Trinajstić information content (AvgIpc) is 2.47. The Labute approximate surface area is 122 Å². The summed E-state index contributed by atoms with van der Waals surface area (Å²) in [5, 5.41) is 2.22. The zero-order valence-electron chi connectivity index (χ0n) is 12.6.